The topological polar surface area (TPSA) is 88.8 Å². The van der Waals surface area contributed by atoms with Crippen LogP contribution in [-0.2, 0) is 14.8 Å². The first-order chi connectivity index (χ1) is 16.0. The minimum Gasteiger partial charge on any atom is -0.484 e. The SMILES string of the molecule is O=C(COc1ccc2oc3ccccc3c2c1)Nc1ccc(S(=O)(=O)N2CCCCC2)cc1. The molecular formula is C25H24N2O5S. The molecule has 1 aliphatic heterocycles. The second kappa shape index (κ2) is 8.88. The molecule has 1 amide bonds. The van der Waals surface area contributed by atoms with E-state index in [2.05, 4.69) is 5.32 Å². The van der Waals surface area contributed by atoms with Crippen molar-refractivity contribution in [2.45, 2.75) is 24.2 Å². The van der Waals surface area contributed by atoms with Crippen LogP contribution in [0, 0.1) is 0 Å². The zero-order chi connectivity index (χ0) is 22.8. The van der Waals surface area contributed by atoms with Crippen LogP contribution >= 0.6 is 0 Å². The average molecular weight is 465 g/mol. The van der Waals surface area contributed by atoms with E-state index in [1.54, 1.807) is 18.2 Å². The number of fused-ring (bicyclic) bond motifs is 3. The van der Waals surface area contributed by atoms with Crippen molar-refractivity contribution in [3.8, 4) is 5.75 Å². The van der Waals surface area contributed by atoms with Crippen LogP contribution < -0.4 is 10.1 Å². The Morgan fingerprint density at radius 3 is 2.42 bits per heavy atom. The number of nitrogens with one attached hydrogen (secondary N) is 1. The maximum absolute atomic E-state index is 12.7. The summed E-state index contributed by atoms with van der Waals surface area (Å²) < 4.78 is 38.5. The highest BCUT2D eigenvalue weighted by atomic mass is 32.2. The number of carbonyl (C=O) groups excluding carboxylic acids is 1. The maximum Gasteiger partial charge on any atom is 0.262 e. The van der Waals surface area contributed by atoms with Gasteiger partial charge in [-0.15, -0.1) is 0 Å². The van der Waals surface area contributed by atoms with Crippen molar-refractivity contribution in [2.75, 3.05) is 25.0 Å². The Balaban J connectivity index is 1.22. The van der Waals surface area contributed by atoms with Gasteiger partial charge in [-0.1, -0.05) is 24.6 Å². The van der Waals surface area contributed by atoms with Crippen LogP contribution in [0.15, 0.2) is 76.0 Å². The van der Waals surface area contributed by atoms with Crippen LogP contribution in [0.4, 0.5) is 5.69 Å². The number of benzene rings is 3. The standard InChI is InChI=1S/C25H24N2O5S/c28-25(17-31-19-10-13-24-22(16-19)21-6-2-3-7-23(21)32-24)26-18-8-11-20(12-9-18)33(29,30)27-14-4-1-5-15-27/h2-3,6-13,16H,1,4-5,14-15,17H2,(H,26,28). The number of hydrogen-bond acceptors (Lipinski definition) is 5. The van der Waals surface area contributed by atoms with Crippen molar-refractivity contribution in [1.82, 2.24) is 4.31 Å². The second-order valence-corrected chi connectivity index (χ2v) is 10.0. The van der Waals surface area contributed by atoms with E-state index >= 15 is 0 Å². The van der Waals surface area contributed by atoms with Gasteiger partial charge in [0, 0.05) is 29.5 Å². The van der Waals surface area contributed by atoms with E-state index in [1.165, 1.54) is 16.4 Å². The summed E-state index contributed by atoms with van der Waals surface area (Å²) in [6.07, 6.45) is 2.83. The Morgan fingerprint density at radius 2 is 1.64 bits per heavy atom. The van der Waals surface area contributed by atoms with Gasteiger partial charge in [0.05, 0.1) is 4.90 Å². The van der Waals surface area contributed by atoms with Gasteiger partial charge >= 0.3 is 0 Å². The minimum absolute atomic E-state index is 0.172. The van der Waals surface area contributed by atoms with Crippen molar-refractivity contribution < 1.29 is 22.4 Å². The van der Waals surface area contributed by atoms with Gasteiger partial charge in [-0.2, -0.15) is 4.31 Å². The molecule has 1 saturated heterocycles. The number of anilines is 1. The molecule has 1 fully saturated rings. The first-order valence-corrected chi connectivity index (χ1v) is 12.4. The number of hydrogen-bond donors (Lipinski definition) is 1. The maximum atomic E-state index is 12.7. The van der Waals surface area contributed by atoms with E-state index in [4.69, 9.17) is 9.15 Å². The summed E-state index contributed by atoms with van der Waals surface area (Å²) in [5.74, 6) is 0.228. The highest BCUT2D eigenvalue weighted by Crippen LogP contribution is 2.31. The lowest BCUT2D eigenvalue weighted by atomic mass is 10.1. The van der Waals surface area contributed by atoms with E-state index in [0.717, 1.165) is 41.2 Å². The Kier molecular flexibility index (Phi) is 5.78. The number of ether oxygens (including phenoxy) is 1. The number of para-hydroxylation sites is 1. The molecule has 33 heavy (non-hydrogen) atoms. The van der Waals surface area contributed by atoms with E-state index in [1.807, 2.05) is 36.4 Å². The Hall–Kier alpha value is -3.36. The normalized spacial score (nSPS) is 15.0. The predicted octanol–water partition coefficient (Wildman–Crippen LogP) is 4.78. The van der Waals surface area contributed by atoms with Crippen molar-refractivity contribution >= 4 is 43.6 Å². The van der Waals surface area contributed by atoms with Gasteiger partial charge in [-0.25, -0.2) is 8.42 Å². The van der Waals surface area contributed by atoms with Crippen molar-refractivity contribution in [2.24, 2.45) is 0 Å². The van der Waals surface area contributed by atoms with Crippen LogP contribution in [0.2, 0.25) is 0 Å². The van der Waals surface area contributed by atoms with Crippen LogP contribution in [0.25, 0.3) is 21.9 Å². The molecule has 0 saturated carbocycles. The third-order valence-electron chi connectivity index (χ3n) is 5.81. The lowest BCUT2D eigenvalue weighted by molar-refractivity contribution is -0.118. The van der Waals surface area contributed by atoms with E-state index < -0.39 is 10.0 Å². The summed E-state index contributed by atoms with van der Waals surface area (Å²) in [4.78, 5) is 12.6. The van der Waals surface area contributed by atoms with E-state index in [0.29, 0.717) is 24.5 Å². The number of furan rings is 1. The fraction of sp³-hybridized carbons (Fsp3) is 0.240. The summed E-state index contributed by atoms with van der Waals surface area (Å²) in [5.41, 5.74) is 2.07. The number of amides is 1. The number of carbonyl (C=O) groups is 1. The molecule has 1 N–H and O–H groups in total. The van der Waals surface area contributed by atoms with Gasteiger partial charge in [-0.3, -0.25) is 4.79 Å². The molecule has 0 spiro atoms. The van der Waals surface area contributed by atoms with E-state index in [9.17, 15) is 13.2 Å². The molecule has 0 aliphatic carbocycles. The molecule has 5 rings (SSSR count). The number of sulfonamides is 1. The third kappa shape index (κ3) is 4.44. The molecule has 3 aromatic carbocycles. The highest BCUT2D eigenvalue weighted by Gasteiger charge is 2.25. The summed E-state index contributed by atoms with van der Waals surface area (Å²) in [5, 5.41) is 4.65. The molecule has 0 unspecified atom stereocenters. The van der Waals surface area contributed by atoms with Crippen molar-refractivity contribution in [3.05, 3.63) is 66.7 Å². The zero-order valence-corrected chi connectivity index (χ0v) is 18.8. The highest BCUT2D eigenvalue weighted by molar-refractivity contribution is 7.89. The van der Waals surface area contributed by atoms with Gasteiger partial charge in [0.25, 0.3) is 5.91 Å². The monoisotopic (exact) mass is 464 g/mol. The van der Waals surface area contributed by atoms with Crippen LogP contribution in [0.5, 0.6) is 5.75 Å². The lowest BCUT2D eigenvalue weighted by Crippen LogP contribution is -2.35. The molecule has 1 aromatic heterocycles. The first-order valence-electron chi connectivity index (χ1n) is 10.9. The smallest absolute Gasteiger partial charge is 0.262 e. The van der Waals surface area contributed by atoms with Gasteiger partial charge in [0.15, 0.2) is 6.61 Å². The Morgan fingerprint density at radius 1 is 0.909 bits per heavy atom. The fourth-order valence-electron chi connectivity index (χ4n) is 4.11. The van der Waals surface area contributed by atoms with Crippen LogP contribution in [0.3, 0.4) is 0 Å². The zero-order valence-electron chi connectivity index (χ0n) is 18.0. The van der Waals surface area contributed by atoms with Gasteiger partial charge in [0.1, 0.15) is 16.9 Å². The molecule has 8 heteroatoms. The predicted molar refractivity (Wildman–Crippen MR) is 127 cm³/mol. The van der Waals surface area contributed by atoms with Gasteiger partial charge in [-0.05, 0) is 61.4 Å². The lowest BCUT2D eigenvalue weighted by Gasteiger charge is -2.25. The molecule has 1 aliphatic rings. The summed E-state index contributed by atoms with van der Waals surface area (Å²) in [7, 11) is -3.49. The second-order valence-electron chi connectivity index (χ2n) is 8.08. The summed E-state index contributed by atoms with van der Waals surface area (Å²) in [6, 6.07) is 19.4. The minimum atomic E-state index is -3.49. The van der Waals surface area contributed by atoms with Crippen molar-refractivity contribution in [1.29, 1.82) is 0 Å². The number of piperidine rings is 1. The first kappa shape index (κ1) is 21.5. The summed E-state index contributed by atoms with van der Waals surface area (Å²) in [6.45, 7) is 0.937. The third-order valence-corrected chi connectivity index (χ3v) is 7.72. The van der Waals surface area contributed by atoms with Crippen molar-refractivity contribution in [3.63, 3.8) is 0 Å². The number of rotatable bonds is 6. The molecule has 0 atom stereocenters. The van der Waals surface area contributed by atoms with Crippen LogP contribution in [0.1, 0.15) is 19.3 Å². The Bertz CT molecular complexity index is 1400. The van der Waals surface area contributed by atoms with E-state index in [-0.39, 0.29) is 17.4 Å². The Labute approximate surface area is 192 Å². The van der Waals surface area contributed by atoms with Gasteiger partial charge < -0.3 is 14.5 Å². The molecular weight excluding hydrogens is 440 g/mol. The average Bonchev–Trinajstić information content (AvgIpc) is 3.22. The quantitative estimate of drug-likeness (QED) is 0.444. The van der Waals surface area contributed by atoms with Gasteiger partial charge in [0.2, 0.25) is 10.0 Å². The fourth-order valence-corrected chi connectivity index (χ4v) is 5.62. The summed E-state index contributed by atoms with van der Waals surface area (Å²) >= 11 is 0. The van der Waals surface area contributed by atoms with Crippen LogP contribution in [-0.4, -0.2) is 38.3 Å². The molecule has 4 aromatic rings. The molecule has 0 bridgehead atoms. The molecule has 2 heterocycles. The molecule has 170 valence electrons. The number of nitrogens with zero attached hydrogens (tertiary/aromatic N) is 1. The largest absolute Gasteiger partial charge is 0.484 e. The molecule has 7 nitrogen and oxygen atoms in total. The molecule has 0 radical (unpaired) electrons.